The zero-order chi connectivity index (χ0) is 9.42. The van der Waals surface area contributed by atoms with E-state index in [4.69, 9.17) is 0 Å². The molecule has 0 saturated heterocycles. The van der Waals surface area contributed by atoms with Crippen LogP contribution in [0.4, 0.5) is 0 Å². The molecular weight excluding hydrogens is 184 g/mol. The van der Waals surface area contributed by atoms with Crippen LogP contribution in [0.2, 0.25) is 0 Å². The first-order valence-corrected chi connectivity index (χ1v) is 4.78. The molecular formula is C10H8O2S. The Hall–Kier alpha value is -1.35. The molecule has 0 saturated carbocycles. The Bertz CT molecular complexity index is 471. The molecule has 0 fully saturated rings. The van der Waals surface area contributed by atoms with E-state index in [-0.39, 0.29) is 11.5 Å². The SMILES string of the molecule is CC(=O)c1csc2c(O)cccc12. The van der Waals surface area contributed by atoms with Crippen LogP contribution in [0.1, 0.15) is 17.3 Å². The van der Waals surface area contributed by atoms with Gasteiger partial charge in [0.1, 0.15) is 5.75 Å². The summed E-state index contributed by atoms with van der Waals surface area (Å²) in [7, 11) is 0. The number of carbonyl (C=O) groups is 1. The molecule has 2 nitrogen and oxygen atoms in total. The molecule has 1 aromatic carbocycles. The molecule has 0 unspecified atom stereocenters. The van der Waals surface area contributed by atoms with Gasteiger partial charge in [-0.15, -0.1) is 11.3 Å². The van der Waals surface area contributed by atoms with E-state index in [1.54, 1.807) is 17.5 Å². The van der Waals surface area contributed by atoms with E-state index in [1.807, 2.05) is 6.07 Å². The fraction of sp³-hybridized carbons (Fsp3) is 0.100. The molecule has 66 valence electrons. The van der Waals surface area contributed by atoms with Crippen molar-refractivity contribution in [2.24, 2.45) is 0 Å². The highest BCUT2D eigenvalue weighted by molar-refractivity contribution is 7.18. The molecule has 0 spiro atoms. The molecule has 0 amide bonds. The average Bonchev–Trinajstić information content (AvgIpc) is 2.48. The molecule has 3 heteroatoms. The molecule has 2 aromatic rings. The van der Waals surface area contributed by atoms with Crippen LogP contribution in [-0.4, -0.2) is 10.9 Å². The summed E-state index contributed by atoms with van der Waals surface area (Å²) in [5, 5.41) is 12.1. The lowest BCUT2D eigenvalue weighted by Crippen LogP contribution is -1.87. The number of carbonyl (C=O) groups excluding carboxylic acids is 1. The van der Waals surface area contributed by atoms with Gasteiger partial charge in [-0.1, -0.05) is 12.1 Å². The van der Waals surface area contributed by atoms with Crippen molar-refractivity contribution in [3.63, 3.8) is 0 Å². The number of thiophene rings is 1. The number of benzene rings is 1. The van der Waals surface area contributed by atoms with E-state index in [9.17, 15) is 9.90 Å². The zero-order valence-corrected chi connectivity index (χ0v) is 7.89. The van der Waals surface area contributed by atoms with Crippen LogP contribution in [0.3, 0.4) is 0 Å². The van der Waals surface area contributed by atoms with Gasteiger partial charge in [0, 0.05) is 16.3 Å². The zero-order valence-electron chi connectivity index (χ0n) is 7.07. The summed E-state index contributed by atoms with van der Waals surface area (Å²) < 4.78 is 0.785. The minimum atomic E-state index is 0.0388. The number of hydrogen-bond acceptors (Lipinski definition) is 3. The quantitative estimate of drug-likeness (QED) is 0.705. The summed E-state index contributed by atoms with van der Waals surface area (Å²) >= 11 is 1.40. The maximum Gasteiger partial charge on any atom is 0.161 e. The van der Waals surface area contributed by atoms with Crippen molar-refractivity contribution < 1.29 is 9.90 Å². The first kappa shape index (κ1) is 8.26. The minimum Gasteiger partial charge on any atom is -0.506 e. The molecule has 0 aliphatic heterocycles. The Labute approximate surface area is 79.4 Å². The van der Waals surface area contributed by atoms with Crippen molar-refractivity contribution in [2.75, 3.05) is 0 Å². The van der Waals surface area contributed by atoms with Crippen LogP contribution in [0.15, 0.2) is 23.6 Å². The number of phenolic OH excluding ortho intramolecular Hbond substituents is 1. The van der Waals surface area contributed by atoms with Crippen LogP contribution in [0.5, 0.6) is 5.75 Å². The molecule has 1 aromatic heterocycles. The second-order valence-corrected chi connectivity index (χ2v) is 3.74. The van der Waals surface area contributed by atoms with Crippen molar-refractivity contribution in [3.05, 3.63) is 29.1 Å². The van der Waals surface area contributed by atoms with E-state index < -0.39 is 0 Å². The normalized spacial score (nSPS) is 10.5. The monoisotopic (exact) mass is 192 g/mol. The fourth-order valence-electron chi connectivity index (χ4n) is 1.31. The molecule has 2 rings (SSSR count). The number of fused-ring (bicyclic) bond motifs is 1. The summed E-state index contributed by atoms with van der Waals surface area (Å²) in [6.45, 7) is 1.53. The van der Waals surface area contributed by atoms with Crippen LogP contribution in [0.25, 0.3) is 10.1 Å². The van der Waals surface area contributed by atoms with Crippen molar-refractivity contribution in [1.29, 1.82) is 0 Å². The molecule has 1 heterocycles. The number of phenols is 1. The van der Waals surface area contributed by atoms with Gasteiger partial charge in [0.25, 0.3) is 0 Å². The van der Waals surface area contributed by atoms with Gasteiger partial charge in [-0.3, -0.25) is 4.79 Å². The number of rotatable bonds is 1. The number of hydrogen-bond donors (Lipinski definition) is 1. The van der Waals surface area contributed by atoms with E-state index in [0.717, 1.165) is 10.1 Å². The molecule has 0 aliphatic rings. The average molecular weight is 192 g/mol. The Morgan fingerprint density at radius 1 is 1.46 bits per heavy atom. The minimum absolute atomic E-state index is 0.0388. The topological polar surface area (TPSA) is 37.3 Å². The molecule has 0 radical (unpaired) electrons. The summed E-state index contributed by atoms with van der Waals surface area (Å²) in [4.78, 5) is 11.2. The Morgan fingerprint density at radius 2 is 2.23 bits per heavy atom. The first-order valence-electron chi connectivity index (χ1n) is 3.90. The van der Waals surface area contributed by atoms with E-state index in [2.05, 4.69) is 0 Å². The van der Waals surface area contributed by atoms with Crippen molar-refractivity contribution in [2.45, 2.75) is 6.92 Å². The predicted molar refractivity (Wildman–Crippen MR) is 53.5 cm³/mol. The summed E-state index contributed by atoms with van der Waals surface area (Å²) in [6.07, 6.45) is 0. The second-order valence-electron chi connectivity index (χ2n) is 2.86. The van der Waals surface area contributed by atoms with Gasteiger partial charge in [-0.2, -0.15) is 0 Å². The summed E-state index contributed by atoms with van der Waals surface area (Å²) in [5.74, 6) is 0.284. The Morgan fingerprint density at radius 3 is 2.92 bits per heavy atom. The van der Waals surface area contributed by atoms with Gasteiger partial charge >= 0.3 is 0 Å². The molecule has 0 bridgehead atoms. The van der Waals surface area contributed by atoms with E-state index in [0.29, 0.717) is 5.56 Å². The van der Waals surface area contributed by atoms with Crippen LogP contribution in [-0.2, 0) is 0 Å². The van der Waals surface area contributed by atoms with Crippen molar-refractivity contribution >= 4 is 27.2 Å². The van der Waals surface area contributed by atoms with Gasteiger partial charge in [0.2, 0.25) is 0 Å². The van der Waals surface area contributed by atoms with Gasteiger partial charge in [-0.25, -0.2) is 0 Å². The van der Waals surface area contributed by atoms with E-state index in [1.165, 1.54) is 18.3 Å². The predicted octanol–water partition coefficient (Wildman–Crippen LogP) is 2.81. The lowest BCUT2D eigenvalue weighted by atomic mass is 10.1. The number of ketones is 1. The van der Waals surface area contributed by atoms with Gasteiger partial charge in [0.05, 0.1) is 4.70 Å². The lowest BCUT2D eigenvalue weighted by Gasteiger charge is -1.94. The molecule has 0 aliphatic carbocycles. The molecule has 13 heavy (non-hydrogen) atoms. The molecule has 0 atom stereocenters. The smallest absolute Gasteiger partial charge is 0.161 e. The first-order chi connectivity index (χ1) is 6.20. The van der Waals surface area contributed by atoms with Crippen LogP contribution < -0.4 is 0 Å². The third-order valence-corrected chi connectivity index (χ3v) is 2.98. The third-order valence-electron chi connectivity index (χ3n) is 1.96. The van der Waals surface area contributed by atoms with E-state index >= 15 is 0 Å². The van der Waals surface area contributed by atoms with Crippen LogP contribution in [0, 0.1) is 0 Å². The number of Topliss-reactive ketones (excluding diaryl/α,β-unsaturated/α-hetero) is 1. The standard InChI is InChI=1S/C10H8O2S/c1-6(11)8-5-13-10-7(8)3-2-4-9(10)12/h2-5,12H,1H3. The third kappa shape index (κ3) is 1.21. The van der Waals surface area contributed by atoms with Gasteiger partial charge < -0.3 is 5.11 Å². The Balaban J connectivity index is 2.83. The van der Waals surface area contributed by atoms with Gasteiger partial charge in [-0.05, 0) is 13.0 Å². The highest BCUT2D eigenvalue weighted by atomic mass is 32.1. The summed E-state index contributed by atoms with van der Waals surface area (Å²) in [5.41, 5.74) is 0.691. The second kappa shape index (κ2) is 2.85. The van der Waals surface area contributed by atoms with Crippen molar-refractivity contribution in [1.82, 2.24) is 0 Å². The van der Waals surface area contributed by atoms with Crippen molar-refractivity contribution in [3.8, 4) is 5.75 Å². The molecule has 1 N–H and O–H groups in total. The fourth-order valence-corrected chi connectivity index (χ4v) is 2.34. The highest BCUT2D eigenvalue weighted by Gasteiger charge is 2.09. The summed E-state index contributed by atoms with van der Waals surface area (Å²) in [6, 6.07) is 5.22. The number of aromatic hydroxyl groups is 1. The van der Waals surface area contributed by atoms with Gasteiger partial charge in [0.15, 0.2) is 5.78 Å². The maximum atomic E-state index is 11.2. The largest absolute Gasteiger partial charge is 0.506 e. The Kier molecular flexibility index (Phi) is 1.81. The highest BCUT2D eigenvalue weighted by Crippen LogP contribution is 2.32. The maximum absolute atomic E-state index is 11.2. The van der Waals surface area contributed by atoms with Crippen LogP contribution >= 0.6 is 11.3 Å². The lowest BCUT2D eigenvalue weighted by molar-refractivity contribution is 0.101.